The van der Waals surface area contributed by atoms with Crippen molar-refractivity contribution < 1.29 is 4.74 Å². The molecule has 1 saturated heterocycles. The van der Waals surface area contributed by atoms with Crippen LogP contribution in [0.4, 0.5) is 0 Å². The van der Waals surface area contributed by atoms with E-state index in [2.05, 4.69) is 55.3 Å². The predicted octanol–water partition coefficient (Wildman–Crippen LogP) is 2.83. The molecule has 3 nitrogen and oxygen atoms in total. The first-order valence-corrected chi connectivity index (χ1v) is 7.80. The molecule has 1 N–H and O–H groups in total. The highest BCUT2D eigenvalue weighted by Crippen LogP contribution is 2.38. The second-order valence-corrected chi connectivity index (χ2v) is 6.84. The zero-order valence-electron chi connectivity index (χ0n) is 12.9. The van der Waals surface area contributed by atoms with Gasteiger partial charge >= 0.3 is 0 Å². The van der Waals surface area contributed by atoms with Crippen LogP contribution in [-0.2, 0) is 0 Å². The zero-order valence-corrected chi connectivity index (χ0v) is 12.9. The molecule has 2 aliphatic rings. The summed E-state index contributed by atoms with van der Waals surface area (Å²) in [6.45, 7) is 11.1. The maximum absolute atomic E-state index is 6.01. The third-order valence-electron chi connectivity index (χ3n) is 4.65. The molecule has 2 aliphatic heterocycles. The van der Waals surface area contributed by atoms with Crippen molar-refractivity contribution in [1.82, 2.24) is 10.2 Å². The fourth-order valence-corrected chi connectivity index (χ4v) is 3.57. The highest BCUT2D eigenvalue weighted by Gasteiger charge is 2.39. The van der Waals surface area contributed by atoms with E-state index < -0.39 is 0 Å². The second-order valence-electron chi connectivity index (χ2n) is 6.84. The number of nitrogens with zero attached hydrogens (tertiary/aromatic N) is 1. The van der Waals surface area contributed by atoms with E-state index in [9.17, 15) is 0 Å². The molecule has 2 heterocycles. The summed E-state index contributed by atoms with van der Waals surface area (Å²) in [4.78, 5) is 2.61. The summed E-state index contributed by atoms with van der Waals surface area (Å²) in [5, 5.41) is 3.67. The number of likely N-dealkylation sites (N-methyl/N-ethyl adjacent to an activating group) is 1. The maximum atomic E-state index is 6.01. The van der Waals surface area contributed by atoms with Gasteiger partial charge in [0, 0.05) is 12.1 Å². The Balaban J connectivity index is 1.85. The normalized spacial score (nSPS) is 28.9. The number of benzene rings is 1. The van der Waals surface area contributed by atoms with Crippen molar-refractivity contribution in [3.05, 3.63) is 29.8 Å². The first-order chi connectivity index (χ1) is 9.61. The average Bonchev–Trinajstić information content (AvgIpc) is 2.79. The Morgan fingerprint density at radius 1 is 1.35 bits per heavy atom. The van der Waals surface area contributed by atoms with Crippen molar-refractivity contribution in [2.45, 2.75) is 39.3 Å². The van der Waals surface area contributed by atoms with Gasteiger partial charge in [-0.15, -0.1) is 0 Å². The van der Waals surface area contributed by atoms with Crippen molar-refractivity contribution >= 4 is 0 Å². The molecular formula is C17H26N2O. The van der Waals surface area contributed by atoms with Crippen LogP contribution in [0.1, 0.15) is 38.8 Å². The fourth-order valence-electron chi connectivity index (χ4n) is 3.57. The van der Waals surface area contributed by atoms with Crippen LogP contribution in [0.5, 0.6) is 5.75 Å². The first kappa shape index (κ1) is 13.9. The van der Waals surface area contributed by atoms with Gasteiger partial charge in [0.25, 0.3) is 0 Å². The SMILES string of the molecule is CCNC1c2ccccc2OCC1N1CCC(C)(C)C1. The first-order valence-electron chi connectivity index (χ1n) is 7.80. The van der Waals surface area contributed by atoms with Crippen LogP contribution < -0.4 is 10.1 Å². The Morgan fingerprint density at radius 2 is 2.15 bits per heavy atom. The molecule has 2 atom stereocenters. The standard InChI is InChI=1S/C17H26N2O/c1-4-18-16-13-7-5-6-8-15(13)20-11-14(16)19-10-9-17(2,3)12-19/h5-8,14,16,18H,4,9-12H2,1-3H3. The highest BCUT2D eigenvalue weighted by atomic mass is 16.5. The van der Waals surface area contributed by atoms with Gasteiger partial charge in [0.15, 0.2) is 0 Å². The zero-order chi connectivity index (χ0) is 14.2. The summed E-state index contributed by atoms with van der Waals surface area (Å²) in [5.41, 5.74) is 1.75. The molecule has 0 saturated carbocycles. The Kier molecular flexibility index (Phi) is 3.74. The lowest BCUT2D eigenvalue weighted by molar-refractivity contribution is 0.0975. The number of nitrogens with one attached hydrogen (secondary N) is 1. The van der Waals surface area contributed by atoms with E-state index in [1.165, 1.54) is 25.1 Å². The van der Waals surface area contributed by atoms with Gasteiger partial charge in [-0.3, -0.25) is 4.90 Å². The van der Waals surface area contributed by atoms with Gasteiger partial charge in [-0.1, -0.05) is 39.0 Å². The molecule has 0 aliphatic carbocycles. The van der Waals surface area contributed by atoms with Gasteiger partial charge in [-0.25, -0.2) is 0 Å². The number of ether oxygens (including phenoxy) is 1. The van der Waals surface area contributed by atoms with Crippen LogP contribution >= 0.6 is 0 Å². The lowest BCUT2D eigenvalue weighted by Crippen LogP contribution is -2.49. The van der Waals surface area contributed by atoms with Gasteiger partial charge in [0.05, 0.1) is 12.1 Å². The summed E-state index contributed by atoms with van der Waals surface area (Å²) >= 11 is 0. The molecule has 110 valence electrons. The van der Waals surface area contributed by atoms with Crippen LogP contribution in [0.15, 0.2) is 24.3 Å². The minimum Gasteiger partial charge on any atom is -0.492 e. The lowest BCUT2D eigenvalue weighted by atomic mass is 9.92. The molecule has 3 heteroatoms. The number of likely N-dealkylation sites (tertiary alicyclic amines) is 1. The number of fused-ring (bicyclic) bond motifs is 1. The number of rotatable bonds is 3. The van der Waals surface area contributed by atoms with E-state index in [1.54, 1.807) is 0 Å². The topological polar surface area (TPSA) is 24.5 Å². The molecule has 0 amide bonds. The van der Waals surface area contributed by atoms with Crippen molar-refractivity contribution in [2.75, 3.05) is 26.2 Å². The average molecular weight is 274 g/mol. The van der Waals surface area contributed by atoms with E-state index in [4.69, 9.17) is 4.74 Å². The smallest absolute Gasteiger partial charge is 0.124 e. The quantitative estimate of drug-likeness (QED) is 0.917. The van der Waals surface area contributed by atoms with E-state index in [0.717, 1.165) is 18.9 Å². The van der Waals surface area contributed by atoms with E-state index >= 15 is 0 Å². The number of hydrogen-bond donors (Lipinski definition) is 1. The molecule has 20 heavy (non-hydrogen) atoms. The second kappa shape index (κ2) is 5.38. The van der Waals surface area contributed by atoms with Crippen molar-refractivity contribution in [3.63, 3.8) is 0 Å². The molecule has 0 bridgehead atoms. The molecular weight excluding hydrogens is 248 g/mol. The van der Waals surface area contributed by atoms with Crippen molar-refractivity contribution in [1.29, 1.82) is 0 Å². The van der Waals surface area contributed by atoms with Crippen LogP contribution in [0.2, 0.25) is 0 Å². The monoisotopic (exact) mass is 274 g/mol. The van der Waals surface area contributed by atoms with Crippen molar-refractivity contribution in [2.24, 2.45) is 5.41 Å². The summed E-state index contributed by atoms with van der Waals surface area (Å²) in [5.74, 6) is 1.05. The maximum Gasteiger partial charge on any atom is 0.124 e. The van der Waals surface area contributed by atoms with Crippen molar-refractivity contribution in [3.8, 4) is 5.75 Å². The summed E-state index contributed by atoms with van der Waals surface area (Å²) in [7, 11) is 0. The summed E-state index contributed by atoms with van der Waals surface area (Å²) in [6, 6.07) is 9.30. The number of para-hydroxylation sites is 1. The lowest BCUT2D eigenvalue weighted by Gasteiger charge is -2.39. The van der Waals surface area contributed by atoms with E-state index in [0.29, 0.717) is 17.5 Å². The van der Waals surface area contributed by atoms with Gasteiger partial charge in [0.1, 0.15) is 12.4 Å². The van der Waals surface area contributed by atoms with Crippen LogP contribution in [0.3, 0.4) is 0 Å². The third-order valence-corrected chi connectivity index (χ3v) is 4.65. The van der Waals surface area contributed by atoms with Crippen LogP contribution in [-0.4, -0.2) is 37.2 Å². The molecule has 0 radical (unpaired) electrons. The minimum atomic E-state index is 0.388. The van der Waals surface area contributed by atoms with Crippen LogP contribution in [0.25, 0.3) is 0 Å². The van der Waals surface area contributed by atoms with Gasteiger partial charge in [-0.2, -0.15) is 0 Å². The highest BCUT2D eigenvalue weighted by molar-refractivity contribution is 5.38. The molecule has 1 aromatic carbocycles. The predicted molar refractivity (Wildman–Crippen MR) is 82.1 cm³/mol. The molecule has 1 aromatic rings. The molecule has 0 spiro atoms. The molecule has 2 unspecified atom stereocenters. The third kappa shape index (κ3) is 2.57. The van der Waals surface area contributed by atoms with Crippen LogP contribution in [0, 0.1) is 5.41 Å². The minimum absolute atomic E-state index is 0.388. The molecule has 0 aromatic heterocycles. The van der Waals surface area contributed by atoms with E-state index in [-0.39, 0.29) is 0 Å². The fraction of sp³-hybridized carbons (Fsp3) is 0.647. The Labute approximate surface area is 122 Å². The summed E-state index contributed by atoms with van der Waals surface area (Å²) in [6.07, 6.45) is 1.28. The van der Waals surface area contributed by atoms with E-state index in [1.807, 2.05) is 0 Å². The largest absolute Gasteiger partial charge is 0.492 e. The molecule has 1 fully saturated rings. The Bertz CT molecular complexity index is 472. The van der Waals surface area contributed by atoms with Gasteiger partial charge in [-0.05, 0) is 31.0 Å². The Morgan fingerprint density at radius 3 is 2.85 bits per heavy atom. The molecule has 3 rings (SSSR count). The number of hydrogen-bond acceptors (Lipinski definition) is 3. The Hall–Kier alpha value is -1.06. The van der Waals surface area contributed by atoms with Gasteiger partial charge < -0.3 is 10.1 Å². The summed E-state index contributed by atoms with van der Waals surface area (Å²) < 4.78 is 6.01. The van der Waals surface area contributed by atoms with Gasteiger partial charge in [0.2, 0.25) is 0 Å².